The van der Waals surface area contributed by atoms with Crippen LogP contribution in [0.25, 0.3) is 5.82 Å². The fourth-order valence-corrected chi connectivity index (χ4v) is 4.30. The van der Waals surface area contributed by atoms with Gasteiger partial charge in [-0.15, -0.1) is 5.10 Å². The number of pyridine rings is 1. The summed E-state index contributed by atoms with van der Waals surface area (Å²) < 4.78 is 20.9. The molecule has 128 valence electrons. The number of ether oxygens (including phenoxy) is 1. The van der Waals surface area contributed by atoms with Crippen molar-refractivity contribution in [3.8, 4) is 11.7 Å². The summed E-state index contributed by atoms with van der Waals surface area (Å²) in [5, 5.41) is 4.88. The summed E-state index contributed by atoms with van der Waals surface area (Å²) in [5.74, 6) is 1.18. The molecule has 2 aromatic heterocycles. The van der Waals surface area contributed by atoms with Gasteiger partial charge >= 0.3 is 0 Å². The highest BCUT2D eigenvalue weighted by molar-refractivity contribution is 6.30. The summed E-state index contributed by atoms with van der Waals surface area (Å²) in [7, 11) is 0. The van der Waals surface area contributed by atoms with Gasteiger partial charge in [0.2, 0.25) is 5.88 Å². The maximum atomic E-state index is 13.5. The summed E-state index contributed by atoms with van der Waals surface area (Å²) >= 11 is 6.32. The third-order valence-corrected chi connectivity index (χ3v) is 5.33. The molecule has 0 spiro atoms. The highest BCUT2D eigenvalue weighted by Gasteiger charge is 2.69. The van der Waals surface area contributed by atoms with Crippen LogP contribution in [0.3, 0.4) is 0 Å². The summed E-state index contributed by atoms with van der Waals surface area (Å²) in [6.07, 6.45) is 3.69. The minimum atomic E-state index is -0.891. The number of aromatic nitrogens is 3. The predicted molar refractivity (Wildman–Crippen MR) is 90.7 cm³/mol. The molecule has 3 aliphatic rings. The van der Waals surface area contributed by atoms with E-state index in [-0.39, 0.29) is 10.8 Å². The van der Waals surface area contributed by atoms with Gasteiger partial charge in [0.15, 0.2) is 5.82 Å². The van der Waals surface area contributed by atoms with Crippen molar-refractivity contribution in [3.05, 3.63) is 35.1 Å². The molecule has 3 fully saturated rings. The first kappa shape index (κ1) is 15.9. The highest BCUT2D eigenvalue weighted by Crippen LogP contribution is 2.69. The van der Waals surface area contributed by atoms with Gasteiger partial charge in [0.05, 0.1) is 6.61 Å². The molecule has 0 unspecified atom stereocenters. The van der Waals surface area contributed by atoms with Gasteiger partial charge in [-0.2, -0.15) is 0 Å². The van der Waals surface area contributed by atoms with E-state index in [0.29, 0.717) is 42.7 Å². The first-order chi connectivity index (χ1) is 11.2. The van der Waals surface area contributed by atoms with Crippen LogP contribution in [0.1, 0.15) is 45.6 Å². The minimum absolute atomic E-state index is 0.0500. The molecule has 2 heterocycles. The van der Waals surface area contributed by atoms with Gasteiger partial charge in [-0.3, -0.25) is 0 Å². The Hall–Kier alpha value is -1.62. The maximum absolute atomic E-state index is 13.5. The van der Waals surface area contributed by atoms with Crippen LogP contribution in [0.5, 0.6) is 5.88 Å². The lowest BCUT2D eigenvalue weighted by Gasteiger charge is -2.65. The summed E-state index contributed by atoms with van der Waals surface area (Å²) in [5.41, 5.74) is 0.102. The Kier molecular flexibility index (Phi) is 3.27. The highest BCUT2D eigenvalue weighted by atomic mass is 35.5. The largest absolute Gasteiger partial charge is 0.476 e. The van der Waals surface area contributed by atoms with E-state index in [4.69, 9.17) is 16.3 Å². The molecule has 0 N–H and O–H groups in total. The zero-order chi connectivity index (χ0) is 17.2. The Morgan fingerprint density at radius 2 is 1.96 bits per heavy atom. The molecule has 3 aliphatic carbocycles. The van der Waals surface area contributed by atoms with Crippen molar-refractivity contribution in [2.75, 3.05) is 6.61 Å². The van der Waals surface area contributed by atoms with Crippen molar-refractivity contribution in [2.45, 2.75) is 51.1 Å². The third-order valence-electron chi connectivity index (χ3n) is 5.04. The Morgan fingerprint density at radius 1 is 1.25 bits per heavy atom. The van der Waals surface area contributed by atoms with Crippen molar-refractivity contribution in [1.82, 2.24) is 14.8 Å². The lowest BCUT2D eigenvalue weighted by atomic mass is 9.43. The van der Waals surface area contributed by atoms with E-state index < -0.39 is 5.67 Å². The monoisotopic (exact) mass is 349 g/mol. The van der Waals surface area contributed by atoms with Crippen LogP contribution in [0, 0.1) is 5.41 Å². The zero-order valence-electron chi connectivity index (χ0n) is 14.1. The molecular weight excluding hydrogens is 329 g/mol. The summed E-state index contributed by atoms with van der Waals surface area (Å²) in [4.78, 5) is 4.44. The van der Waals surface area contributed by atoms with E-state index in [0.717, 1.165) is 5.56 Å². The molecule has 24 heavy (non-hydrogen) atoms. The lowest BCUT2D eigenvalue weighted by Crippen LogP contribution is -2.66. The molecule has 0 aliphatic heterocycles. The van der Waals surface area contributed by atoms with Gasteiger partial charge in [-0.1, -0.05) is 38.4 Å². The number of hydrogen-bond acceptors (Lipinski definition) is 3. The first-order valence-corrected chi connectivity index (χ1v) is 8.61. The second-order valence-electron chi connectivity index (χ2n) is 8.33. The van der Waals surface area contributed by atoms with Crippen LogP contribution in [0.2, 0.25) is 5.15 Å². The van der Waals surface area contributed by atoms with E-state index in [1.54, 1.807) is 16.9 Å². The number of hydrogen-bond donors (Lipinski definition) is 0. The number of alkyl halides is 1. The molecule has 3 saturated carbocycles. The Balaban J connectivity index is 1.46. The van der Waals surface area contributed by atoms with Crippen LogP contribution in [0.15, 0.2) is 24.4 Å². The molecule has 0 radical (unpaired) electrons. The zero-order valence-corrected chi connectivity index (χ0v) is 14.9. The Morgan fingerprint density at radius 3 is 2.54 bits per heavy atom. The van der Waals surface area contributed by atoms with Crippen LogP contribution < -0.4 is 4.74 Å². The van der Waals surface area contributed by atoms with Crippen molar-refractivity contribution in [2.24, 2.45) is 5.41 Å². The number of rotatable bonds is 4. The average Bonchev–Trinajstić information content (AvgIpc) is 2.88. The molecule has 0 atom stereocenters. The fraction of sp³-hybridized carbons (Fsp3) is 0.556. The third kappa shape index (κ3) is 2.59. The predicted octanol–water partition coefficient (Wildman–Crippen LogP) is 4.49. The Labute approximate surface area is 146 Å². The van der Waals surface area contributed by atoms with Gasteiger partial charge in [0, 0.05) is 17.7 Å². The molecule has 2 bridgehead atoms. The van der Waals surface area contributed by atoms with Gasteiger partial charge < -0.3 is 4.74 Å². The van der Waals surface area contributed by atoms with Crippen LogP contribution in [-0.2, 0) is 5.41 Å². The molecule has 5 rings (SSSR count). The molecule has 0 saturated heterocycles. The Bertz CT molecular complexity index is 776. The lowest BCUT2D eigenvalue weighted by molar-refractivity contribution is -0.226. The normalized spacial score (nSPS) is 28.2. The van der Waals surface area contributed by atoms with Crippen molar-refractivity contribution in [1.29, 1.82) is 0 Å². The van der Waals surface area contributed by atoms with E-state index in [2.05, 4.69) is 30.9 Å². The second-order valence-corrected chi connectivity index (χ2v) is 8.68. The smallest absolute Gasteiger partial charge is 0.233 e. The molecular formula is C18H21ClFN3O. The van der Waals surface area contributed by atoms with Crippen LogP contribution in [0.4, 0.5) is 4.39 Å². The van der Waals surface area contributed by atoms with E-state index in [1.165, 1.54) is 0 Å². The second kappa shape index (κ2) is 4.94. The molecule has 0 amide bonds. The minimum Gasteiger partial charge on any atom is -0.476 e. The SMILES string of the molecule is CC(C)(C)c1ccc(-n2ccc(OCC34CC(F)(C3)C4)n2)nc1Cl. The molecule has 4 nitrogen and oxygen atoms in total. The van der Waals surface area contributed by atoms with Crippen molar-refractivity contribution < 1.29 is 9.13 Å². The average molecular weight is 350 g/mol. The maximum Gasteiger partial charge on any atom is 0.233 e. The van der Waals surface area contributed by atoms with E-state index >= 15 is 0 Å². The molecule has 2 aromatic rings. The molecule has 6 heteroatoms. The summed E-state index contributed by atoms with van der Waals surface area (Å²) in [6.45, 7) is 6.83. The molecule has 0 aromatic carbocycles. The quantitative estimate of drug-likeness (QED) is 0.763. The number of halogens is 2. The van der Waals surface area contributed by atoms with E-state index in [9.17, 15) is 4.39 Å². The summed E-state index contributed by atoms with van der Waals surface area (Å²) in [6, 6.07) is 5.68. The standard InChI is InChI=1S/C18H21ClFN3O/c1-16(2,3)12-4-5-13(21-15(12)19)23-7-6-14(22-23)24-11-17-8-18(20,9-17)10-17/h4-7H,8-11H2,1-3H3. The van der Waals surface area contributed by atoms with E-state index in [1.807, 2.05) is 12.1 Å². The number of nitrogens with zero attached hydrogens (tertiary/aromatic N) is 3. The van der Waals surface area contributed by atoms with Gasteiger partial charge in [-0.25, -0.2) is 14.1 Å². The van der Waals surface area contributed by atoms with Gasteiger partial charge in [-0.05, 0) is 36.3 Å². The van der Waals surface area contributed by atoms with Crippen molar-refractivity contribution in [3.63, 3.8) is 0 Å². The first-order valence-electron chi connectivity index (χ1n) is 8.23. The van der Waals surface area contributed by atoms with Crippen LogP contribution >= 0.6 is 11.6 Å². The topological polar surface area (TPSA) is 39.9 Å². The van der Waals surface area contributed by atoms with Crippen molar-refractivity contribution >= 4 is 11.6 Å². The fourth-order valence-electron chi connectivity index (χ4n) is 3.86. The van der Waals surface area contributed by atoms with Gasteiger partial charge in [0.1, 0.15) is 10.8 Å². The van der Waals surface area contributed by atoms with Gasteiger partial charge in [0.25, 0.3) is 0 Å². The van der Waals surface area contributed by atoms with Crippen LogP contribution in [-0.4, -0.2) is 27.0 Å².